The number of hydrogen-bond acceptors (Lipinski definition) is 6. The SMILES string of the molecule is CC(C)=CCC[C@]1(C)[C@@H](CC=C(C)C)C[C@]2(CC=C(C)C)C(=O)C3=C(O[C@@H](C(C)(C)O)[C@@H]3O)[C@@]1(C(=O)C(C)C)C2=O. The Bertz CT molecular complexity index is 1210. The molecule has 1 aliphatic heterocycles. The second-order valence-corrected chi connectivity index (χ2v) is 14.5. The van der Waals surface area contributed by atoms with Crippen LogP contribution in [0.3, 0.4) is 0 Å². The number of carbonyl (C=O) groups excluding carboxylic acids is 3. The van der Waals surface area contributed by atoms with Crippen LogP contribution in [0.1, 0.15) is 108 Å². The smallest absolute Gasteiger partial charge is 0.178 e. The van der Waals surface area contributed by atoms with Crippen LogP contribution in [0, 0.1) is 28.1 Å². The van der Waals surface area contributed by atoms with Crippen LogP contribution in [0.5, 0.6) is 0 Å². The predicted octanol–water partition coefficient (Wildman–Crippen LogP) is 6.61. The van der Waals surface area contributed by atoms with Gasteiger partial charge >= 0.3 is 0 Å². The molecule has 0 spiro atoms. The van der Waals surface area contributed by atoms with Gasteiger partial charge in [-0.15, -0.1) is 0 Å². The van der Waals surface area contributed by atoms with E-state index < -0.39 is 51.5 Å². The monoisotopic (exact) mass is 568 g/mol. The minimum atomic E-state index is -1.77. The van der Waals surface area contributed by atoms with E-state index in [1.165, 1.54) is 13.8 Å². The summed E-state index contributed by atoms with van der Waals surface area (Å²) < 4.78 is 6.38. The Morgan fingerprint density at radius 3 is 2.07 bits per heavy atom. The summed E-state index contributed by atoms with van der Waals surface area (Å²) in [5, 5.41) is 22.6. The third kappa shape index (κ3) is 5.24. The number of hydrogen-bond donors (Lipinski definition) is 2. The molecule has 0 aromatic heterocycles. The number of rotatable bonds is 10. The van der Waals surface area contributed by atoms with E-state index >= 15 is 4.79 Å². The highest BCUT2D eigenvalue weighted by Gasteiger charge is 2.78. The fourth-order valence-corrected chi connectivity index (χ4v) is 7.44. The normalized spacial score (nSPS) is 32.9. The Balaban J connectivity index is 2.51. The highest BCUT2D eigenvalue weighted by molar-refractivity contribution is 6.28. The fourth-order valence-electron chi connectivity index (χ4n) is 7.44. The number of ketones is 3. The molecule has 1 fully saturated rings. The second-order valence-electron chi connectivity index (χ2n) is 14.5. The quantitative estimate of drug-likeness (QED) is 0.227. The van der Waals surface area contributed by atoms with E-state index in [9.17, 15) is 19.8 Å². The van der Waals surface area contributed by atoms with E-state index in [0.29, 0.717) is 19.3 Å². The van der Waals surface area contributed by atoms with E-state index in [1.807, 2.05) is 54.5 Å². The van der Waals surface area contributed by atoms with Crippen LogP contribution < -0.4 is 0 Å². The summed E-state index contributed by atoms with van der Waals surface area (Å²) in [6.07, 6.45) is 5.77. The Hall–Kier alpha value is -2.31. The first kappa shape index (κ1) is 33.2. The maximum absolute atomic E-state index is 15.3. The van der Waals surface area contributed by atoms with Crippen molar-refractivity contribution in [1.29, 1.82) is 0 Å². The molecule has 1 saturated carbocycles. The van der Waals surface area contributed by atoms with Crippen LogP contribution >= 0.6 is 0 Å². The predicted molar refractivity (Wildman–Crippen MR) is 162 cm³/mol. The van der Waals surface area contributed by atoms with Gasteiger partial charge in [-0.1, -0.05) is 55.7 Å². The van der Waals surface area contributed by atoms with Crippen molar-refractivity contribution in [2.75, 3.05) is 0 Å². The van der Waals surface area contributed by atoms with Crippen molar-refractivity contribution in [3.05, 3.63) is 46.3 Å². The zero-order valence-electron chi connectivity index (χ0n) is 27.1. The number of ether oxygens (including phenoxy) is 1. The molecule has 0 amide bonds. The van der Waals surface area contributed by atoms with Crippen molar-refractivity contribution in [3.63, 3.8) is 0 Å². The summed E-state index contributed by atoms with van der Waals surface area (Å²) in [5.74, 6) is -1.88. The Labute approximate surface area is 247 Å². The molecule has 0 aromatic carbocycles. The molecule has 2 aliphatic carbocycles. The van der Waals surface area contributed by atoms with E-state index in [-0.39, 0.29) is 35.9 Å². The van der Waals surface area contributed by atoms with E-state index in [1.54, 1.807) is 13.8 Å². The summed E-state index contributed by atoms with van der Waals surface area (Å²) >= 11 is 0. The van der Waals surface area contributed by atoms with Gasteiger partial charge in [0.15, 0.2) is 28.9 Å². The largest absolute Gasteiger partial charge is 0.487 e. The molecule has 41 heavy (non-hydrogen) atoms. The first-order chi connectivity index (χ1) is 18.8. The molecule has 6 heteroatoms. The molecule has 3 aliphatic rings. The van der Waals surface area contributed by atoms with Gasteiger partial charge in [-0.2, -0.15) is 0 Å². The molecule has 0 unspecified atom stereocenters. The standard InChI is InChI=1S/C35H52O6/c1-20(2)13-12-17-33(11)24(15-14-21(3)4)19-34(18-16-22(5)6)28(38)25-26(36)30(32(9,10)40)41-29(25)35(33,31(34)39)27(37)23(7)8/h13-14,16,23-24,26,30,36,40H,12,15,17-19H2,1-11H3/t24-,26+,30+,33+,34+,35-/m0/s1. The molecule has 3 rings (SSSR count). The molecule has 0 radical (unpaired) electrons. The Morgan fingerprint density at radius 1 is 1.02 bits per heavy atom. The molecule has 2 bridgehead atoms. The Kier molecular flexibility index (Phi) is 9.24. The summed E-state index contributed by atoms with van der Waals surface area (Å²) in [7, 11) is 0. The van der Waals surface area contributed by atoms with E-state index in [2.05, 4.69) is 12.2 Å². The van der Waals surface area contributed by atoms with Crippen LogP contribution in [-0.4, -0.2) is 45.4 Å². The molecule has 2 N–H and O–H groups in total. The first-order valence-corrected chi connectivity index (χ1v) is 15.1. The zero-order valence-corrected chi connectivity index (χ0v) is 27.1. The van der Waals surface area contributed by atoms with Crippen molar-refractivity contribution in [2.24, 2.45) is 28.1 Å². The number of carbonyl (C=O) groups is 3. The summed E-state index contributed by atoms with van der Waals surface area (Å²) in [4.78, 5) is 44.7. The van der Waals surface area contributed by atoms with Gasteiger partial charge in [0.1, 0.15) is 11.9 Å². The summed E-state index contributed by atoms with van der Waals surface area (Å²) in [6.45, 7) is 20.6. The van der Waals surface area contributed by atoms with Crippen molar-refractivity contribution < 1.29 is 29.3 Å². The van der Waals surface area contributed by atoms with Gasteiger partial charge < -0.3 is 14.9 Å². The van der Waals surface area contributed by atoms with Crippen molar-refractivity contribution in [1.82, 2.24) is 0 Å². The van der Waals surface area contributed by atoms with Gasteiger partial charge in [-0.25, -0.2) is 0 Å². The average molecular weight is 569 g/mol. The minimum Gasteiger partial charge on any atom is -0.487 e. The van der Waals surface area contributed by atoms with Gasteiger partial charge in [0.25, 0.3) is 0 Å². The van der Waals surface area contributed by atoms with Gasteiger partial charge in [0, 0.05) is 5.92 Å². The maximum Gasteiger partial charge on any atom is 0.178 e. The zero-order chi connectivity index (χ0) is 31.3. The van der Waals surface area contributed by atoms with Crippen LogP contribution in [0.15, 0.2) is 46.3 Å². The lowest BCUT2D eigenvalue weighted by Gasteiger charge is -2.61. The van der Waals surface area contributed by atoms with Gasteiger partial charge in [0.2, 0.25) is 0 Å². The Morgan fingerprint density at radius 2 is 1.59 bits per heavy atom. The van der Waals surface area contributed by atoms with Crippen molar-refractivity contribution >= 4 is 17.3 Å². The van der Waals surface area contributed by atoms with Gasteiger partial charge in [-0.05, 0) is 98.8 Å². The molecule has 0 aromatic rings. The average Bonchev–Trinajstić information content (AvgIpc) is 3.19. The second kappa shape index (κ2) is 11.4. The van der Waals surface area contributed by atoms with Crippen molar-refractivity contribution in [2.45, 2.75) is 126 Å². The first-order valence-electron chi connectivity index (χ1n) is 15.1. The van der Waals surface area contributed by atoms with Crippen LogP contribution in [0.25, 0.3) is 0 Å². The molecular formula is C35H52O6. The molecule has 6 nitrogen and oxygen atoms in total. The fraction of sp³-hybridized carbons (Fsp3) is 0.686. The lowest BCUT2D eigenvalue weighted by molar-refractivity contribution is -0.181. The number of Topliss-reactive ketones (excluding diaryl/α,β-unsaturated/α-hetero) is 3. The minimum absolute atomic E-state index is 0.00184. The molecule has 228 valence electrons. The van der Waals surface area contributed by atoms with Crippen LogP contribution in [0.2, 0.25) is 0 Å². The van der Waals surface area contributed by atoms with E-state index in [4.69, 9.17) is 4.74 Å². The van der Waals surface area contributed by atoms with Crippen LogP contribution in [0.4, 0.5) is 0 Å². The highest BCUT2D eigenvalue weighted by atomic mass is 16.5. The maximum atomic E-state index is 15.3. The topological polar surface area (TPSA) is 101 Å². The highest BCUT2D eigenvalue weighted by Crippen LogP contribution is 2.69. The lowest BCUT2D eigenvalue weighted by atomic mass is 9.38. The number of aliphatic hydroxyl groups excluding tert-OH is 1. The van der Waals surface area contributed by atoms with Crippen LogP contribution in [-0.2, 0) is 19.1 Å². The molecule has 6 atom stereocenters. The van der Waals surface area contributed by atoms with Gasteiger partial charge in [-0.3, -0.25) is 14.4 Å². The number of aliphatic hydroxyl groups is 2. The van der Waals surface area contributed by atoms with Gasteiger partial charge in [0.05, 0.1) is 16.6 Å². The molecular weight excluding hydrogens is 516 g/mol. The number of fused-ring (bicyclic) bond motifs is 3. The third-order valence-corrected chi connectivity index (χ3v) is 9.70. The lowest BCUT2D eigenvalue weighted by Crippen LogP contribution is -2.70. The summed E-state index contributed by atoms with van der Waals surface area (Å²) in [5.41, 5.74) is -2.46. The molecule has 0 saturated heterocycles. The third-order valence-electron chi connectivity index (χ3n) is 9.70. The number of allylic oxidation sites excluding steroid dienone is 7. The summed E-state index contributed by atoms with van der Waals surface area (Å²) in [6, 6.07) is 0. The molecule has 1 heterocycles. The van der Waals surface area contributed by atoms with E-state index in [0.717, 1.165) is 16.7 Å². The van der Waals surface area contributed by atoms with Crippen molar-refractivity contribution in [3.8, 4) is 0 Å².